The van der Waals surface area contributed by atoms with Crippen LogP contribution in [0.4, 0.5) is 16.0 Å². The molecule has 5 heterocycles. The number of halogens is 1. The molecule has 1 N–H and O–H groups in total. The third-order valence-corrected chi connectivity index (χ3v) is 9.92. The minimum atomic E-state index is -0.296. The van der Waals surface area contributed by atoms with Gasteiger partial charge in [-0.3, -0.25) is 14.5 Å². The summed E-state index contributed by atoms with van der Waals surface area (Å²) in [6.07, 6.45) is 13.3. The first kappa shape index (κ1) is 28.9. The smallest absolute Gasteiger partial charge is 0.244 e. The lowest BCUT2D eigenvalue weighted by molar-refractivity contribution is -0.134. The van der Waals surface area contributed by atoms with Crippen LogP contribution in [0.2, 0.25) is 0 Å². The first-order valence-corrected chi connectivity index (χ1v) is 16.3. The summed E-state index contributed by atoms with van der Waals surface area (Å²) in [7, 11) is 0. The number of hydrogen-bond acceptors (Lipinski definition) is 6. The van der Waals surface area contributed by atoms with Gasteiger partial charge in [-0.05, 0) is 80.7 Å². The number of carbonyl (C=O) groups is 1. The molecule has 4 aromatic rings. The summed E-state index contributed by atoms with van der Waals surface area (Å²) >= 11 is 0. The molecule has 1 amide bonds. The van der Waals surface area contributed by atoms with Gasteiger partial charge in [0.05, 0.1) is 0 Å². The fraction of sp³-hybridized carbons (Fsp3) is 0.486. The molecule has 2 aliphatic heterocycles. The zero-order valence-corrected chi connectivity index (χ0v) is 25.9. The third-order valence-electron chi connectivity index (χ3n) is 9.92. The Morgan fingerprint density at radius 1 is 0.864 bits per heavy atom. The summed E-state index contributed by atoms with van der Waals surface area (Å²) < 4.78 is 16.9. The maximum atomic E-state index is 15.1. The summed E-state index contributed by atoms with van der Waals surface area (Å²) in [5, 5.41) is 9.64. The van der Waals surface area contributed by atoms with E-state index >= 15 is 4.39 Å². The van der Waals surface area contributed by atoms with E-state index in [9.17, 15) is 4.79 Å². The number of pyridine rings is 2. The van der Waals surface area contributed by atoms with E-state index in [2.05, 4.69) is 25.1 Å². The van der Waals surface area contributed by atoms with Crippen LogP contribution in [0, 0.1) is 25.6 Å². The first-order valence-electron chi connectivity index (χ1n) is 16.3. The quantitative estimate of drug-likeness (QED) is 0.277. The number of rotatable bonds is 6. The molecular weight excluding hydrogens is 553 g/mol. The van der Waals surface area contributed by atoms with Crippen molar-refractivity contribution in [2.45, 2.75) is 77.8 Å². The number of fused-ring (bicyclic) bond motifs is 2. The predicted octanol–water partition coefficient (Wildman–Crippen LogP) is 6.42. The van der Waals surface area contributed by atoms with Crippen molar-refractivity contribution >= 4 is 28.3 Å². The molecular formula is C35H42FN7O. The summed E-state index contributed by atoms with van der Waals surface area (Å²) in [5.74, 6) is 2.00. The molecule has 1 aliphatic carbocycles. The van der Waals surface area contributed by atoms with Gasteiger partial charge in [0.2, 0.25) is 5.91 Å². The number of amides is 1. The molecule has 1 saturated carbocycles. The molecule has 3 aliphatic rings. The Kier molecular flexibility index (Phi) is 8.06. The van der Waals surface area contributed by atoms with Gasteiger partial charge in [-0.1, -0.05) is 19.3 Å². The zero-order chi connectivity index (χ0) is 30.2. The fourth-order valence-electron chi connectivity index (χ4n) is 7.52. The Morgan fingerprint density at radius 2 is 1.68 bits per heavy atom. The Morgan fingerprint density at radius 3 is 2.48 bits per heavy atom. The van der Waals surface area contributed by atoms with Gasteiger partial charge in [-0.15, -0.1) is 0 Å². The monoisotopic (exact) mass is 595 g/mol. The van der Waals surface area contributed by atoms with Crippen LogP contribution in [0.5, 0.6) is 0 Å². The summed E-state index contributed by atoms with van der Waals surface area (Å²) in [6.45, 7) is 8.32. The highest BCUT2D eigenvalue weighted by atomic mass is 19.1. The topological polar surface area (TPSA) is 79.2 Å². The number of anilines is 2. The summed E-state index contributed by atoms with van der Waals surface area (Å²) in [5.41, 5.74) is 4.23. The number of nitrogens with one attached hydrogen (secondary N) is 1. The van der Waals surface area contributed by atoms with Crippen LogP contribution in [0.1, 0.15) is 61.9 Å². The lowest BCUT2D eigenvalue weighted by Gasteiger charge is -2.39. The lowest BCUT2D eigenvalue weighted by atomic mass is 9.88. The molecule has 0 spiro atoms. The molecule has 2 fully saturated rings. The van der Waals surface area contributed by atoms with E-state index in [1.807, 2.05) is 42.8 Å². The maximum Gasteiger partial charge on any atom is 0.244 e. The minimum absolute atomic E-state index is 0.156. The molecule has 8 nitrogen and oxygen atoms in total. The highest BCUT2D eigenvalue weighted by Gasteiger charge is 2.31. The number of likely N-dealkylation sites (tertiary alicyclic amines) is 1. The van der Waals surface area contributed by atoms with E-state index in [0.29, 0.717) is 23.2 Å². The maximum absolute atomic E-state index is 15.1. The molecule has 0 bridgehead atoms. The Balaban J connectivity index is 1.00. The number of hydrogen-bond donors (Lipinski definition) is 1. The lowest BCUT2D eigenvalue weighted by Crippen LogP contribution is -2.49. The Labute approximate surface area is 258 Å². The number of piperidine rings is 1. The number of nitrogens with zero attached hydrogens (tertiary/aromatic N) is 6. The first-order chi connectivity index (χ1) is 21.4. The summed E-state index contributed by atoms with van der Waals surface area (Å²) in [4.78, 5) is 27.0. The summed E-state index contributed by atoms with van der Waals surface area (Å²) in [6, 6.07) is 9.60. The number of aromatic nitrogens is 4. The average Bonchev–Trinajstić information content (AvgIpc) is 3.31. The van der Waals surface area contributed by atoms with Crippen LogP contribution in [0.3, 0.4) is 0 Å². The van der Waals surface area contributed by atoms with Gasteiger partial charge < -0.3 is 15.1 Å². The molecule has 9 heteroatoms. The second kappa shape index (κ2) is 12.3. The Bertz CT molecular complexity index is 1670. The molecule has 0 radical (unpaired) electrons. The van der Waals surface area contributed by atoms with Crippen LogP contribution < -0.4 is 5.32 Å². The highest BCUT2D eigenvalue weighted by Crippen LogP contribution is 2.32. The van der Waals surface area contributed by atoms with Crippen molar-refractivity contribution in [2.75, 3.05) is 31.5 Å². The van der Waals surface area contributed by atoms with Crippen molar-refractivity contribution in [3.05, 3.63) is 65.5 Å². The number of aryl methyl sites for hydroxylation is 2. The Hall–Kier alpha value is -3.85. The van der Waals surface area contributed by atoms with Crippen molar-refractivity contribution in [2.24, 2.45) is 5.92 Å². The molecule has 0 unspecified atom stereocenters. The van der Waals surface area contributed by atoms with Gasteiger partial charge in [0, 0.05) is 85.0 Å². The largest absolute Gasteiger partial charge is 0.338 e. The van der Waals surface area contributed by atoms with E-state index in [-0.39, 0.29) is 18.3 Å². The van der Waals surface area contributed by atoms with Crippen LogP contribution >= 0.6 is 0 Å². The van der Waals surface area contributed by atoms with Crippen molar-refractivity contribution < 1.29 is 9.18 Å². The minimum Gasteiger partial charge on any atom is -0.338 e. The van der Waals surface area contributed by atoms with Gasteiger partial charge in [0.1, 0.15) is 18.2 Å². The van der Waals surface area contributed by atoms with Gasteiger partial charge in [0.15, 0.2) is 5.82 Å². The standard InChI is InChI=1S/C35H42FN7O/c1-23-14-24(2)37-20-31(23)30-15-26-17-33(38-19-27(26)16-32(30)36)39-34-18-29-10-13-42(35(44)22-43(29)40-34)28-8-11-41(12-9-28)21-25-6-4-3-5-7-25/h14-20,25,28H,3-13,21-22H2,1-2H3,(H,38,39,40). The zero-order valence-electron chi connectivity index (χ0n) is 25.9. The molecule has 1 saturated heterocycles. The molecule has 230 valence electrons. The van der Waals surface area contributed by atoms with Crippen LogP contribution in [0.15, 0.2) is 42.7 Å². The van der Waals surface area contributed by atoms with E-state index in [1.54, 1.807) is 12.4 Å². The van der Waals surface area contributed by atoms with Crippen molar-refractivity contribution in [3.63, 3.8) is 0 Å². The van der Waals surface area contributed by atoms with Crippen molar-refractivity contribution in [3.8, 4) is 11.1 Å². The normalized spacial score (nSPS) is 18.9. The second-order valence-electron chi connectivity index (χ2n) is 13.1. The third kappa shape index (κ3) is 6.07. The average molecular weight is 596 g/mol. The van der Waals surface area contributed by atoms with Gasteiger partial charge in [-0.2, -0.15) is 5.10 Å². The van der Waals surface area contributed by atoms with E-state index in [4.69, 9.17) is 5.10 Å². The van der Waals surface area contributed by atoms with Gasteiger partial charge in [-0.25, -0.2) is 9.37 Å². The number of carbonyl (C=O) groups excluding carboxylic acids is 1. The van der Waals surface area contributed by atoms with Gasteiger partial charge >= 0.3 is 0 Å². The van der Waals surface area contributed by atoms with Crippen molar-refractivity contribution in [1.82, 2.24) is 29.5 Å². The van der Waals surface area contributed by atoms with Crippen LogP contribution in [0.25, 0.3) is 21.9 Å². The fourth-order valence-corrected chi connectivity index (χ4v) is 7.52. The number of benzene rings is 1. The van der Waals surface area contributed by atoms with E-state index in [1.165, 1.54) is 44.7 Å². The van der Waals surface area contributed by atoms with Crippen molar-refractivity contribution in [1.29, 1.82) is 0 Å². The SMILES string of the molecule is Cc1cc(C)c(-c2cc3cc(Nc4cc5n(n4)CC(=O)N(C4CCN(CC6CCCCC6)CC4)CC5)ncc3cc2F)cn1. The van der Waals surface area contributed by atoms with E-state index in [0.717, 1.165) is 78.1 Å². The molecule has 0 atom stereocenters. The van der Waals surface area contributed by atoms with E-state index < -0.39 is 0 Å². The molecule has 1 aromatic carbocycles. The van der Waals surface area contributed by atoms with Crippen LogP contribution in [-0.4, -0.2) is 67.7 Å². The second-order valence-corrected chi connectivity index (χ2v) is 13.1. The highest BCUT2D eigenvalue weighted by molar-refractivity contribution is 5.89. The molecule has 3 aromatic heterocycles. The molecule has 7 rings (SSSR count). The van der Waals surface area contributed by atoms with Crippen LogP contribution in [-0.2, 0) is 17.8 Å². The molecule has 44 heavy (non-hydrogen) atoms. The van der Waals surface area contributed by atoms with Gasteiger partial charge in [0.25, 0.3) is 0 Å². The predicted molar refractivity (Wildman–Crippen MR) is 171 cm³/mol.